The summed E-state index contributed by atoms with van der Waals surface area (Å²) in [7, 11) is 0. The van der Waals surface area contributed by atoms with E-state index in [0.29, 0.717) is 24.2 Å². The van der Waals surface area contributed by atoms with Crippen molar-refractivity contribution in [2.45, 2.75) is 12.8 Å². The van der Waals surface area contributed by atoms with Crippen molar-refractivity contribution in [3.8, 4) is 6.07 Å². The molecular weight excluding hydrogens is 324 g/mol. The van der Waals surface area contributed by atoms with Crippen LogP contribution in [0.3, 0.4) is 0 Å². The third-order valence-corrected chi connectivity index (χ3v) is 3.84. The van der Waals surface area contributed by atoms with Gasteiger partial charge in [-0.1, -0.05) is 42.5 Å². The van der Waals surface area contributed by atoms with Crippen LogP contribution in [-0.2, 0) is 11.2 Å². The van der Waals surface area contributed by atoms with Crippen molar-refractivity contribution in [2.24, 2.45) is 0 Å². The van der Waals surface area contributed by atoms with Gasteiger partial charge in [0, 0.05) is 6.42 Å². The molecule has 128 valence electrons. The number of benzene rings is 2. The normalized spacial score (nSPS) is 9.96. The summed E-state index contributed by atoms with van der Waals surface area (Å²) in [5, 5.41) is 15.1. The number of carbonyl (C=O) groups is 1. The number of para-hydroxylation sites is 1. The first-order chi connectivity index (χ1) is 12.7. The van der Waals surface area contributed by atoms with Crippen LogP contribution in [0.25, 0.3) is 0 Å². The fourth-order valence-corrected chi connectivity index (χ4v) is 2.49. The SMILES string of the molecule is N#Cc1ccccc1Nc1ccc(NC(=O)CCc2ccccc2)nc1. The summed E-state index contributed by atoms with van der Waals surface area (Å²) in [5.74, 6) is 0.430. The molecule has 0 aliphatic heterocycles. The number of nitrogens with zero attached hydrogens (tertiary/aromatic N) is 2. The Bertz CT molecular complexity index is 915. The quantitative estimate of drug-likeness (QED) is 0.701. The van der Waals surface area contributed by atoms with Crippen LogP contribution < -0.4 is 10.6 Å². The third kappa shape index (κ3) is 4.68. The molecule has 5 nitrogen and oxygen atoms in total. The van der Waals surface area contributed by atoms with Crippen molar-refractivity contribution in [3.63, 3.8) is 0 Å². The van der Waals surface area contributed by atoms with Crippen molar-refractivity contribution in [3.05, 3.63) is 84.1 Å². The van der Waals surface area contributed by atoms with E-state index in [2.05, 4.69) is 21.7 Å². The molecule has 0 spiro atoms. The first-order valence-electron chi connectivity index (χ1n) is 8.30. The Balaban J connectivity index is 1.56. The zero-order valence-electron chi connectivity index (χ0n) is 14.1. The number of aryl methyl sites for hydroxylation is 1. The lowest BCUT2D eigenvalue weighted by molar-refractivity contribution is -0.116. The van der Waals surface area contributed by atoms with Crippen molar-refractivity contribution in [1.29, 1.82) is 5.26 Å². The molecule has 26 heavy (non-hydrogen) atoms. The lowest BCUT2D eigenvalue weighted by Gasteiger charge is -2.09. The first kappa shape index (κ1) is 17.2. The highest BCUT2D eigenvalue weighted by molar-refractivity contribution is 5.90. The van der Waals surface area contributed by atoms with Crippen LogP contribution >= 0.6 is 0 Å². The van der Waals surface area contributed by atoms with E-state index >= 15 is 0 Å². The molecule has 2 N–H and O–H groups in total. The number of aromatic nitrogens is 1. The number of anilines is 3. The number of nitrogens with one attached hydrogen (secondary N) is 2. The number of carbonyl (C=O) groups excluding carboxylic acids is 1. The number of pyridine rings is 1. The summed E-state index contributed by atoms with van der Waals surface area (Å²) in [5.41, 5.74) is 3.16. The zero-order valence-corrected chi connectivity index (χ0v) is 14.1. The van der Waals surface area contributed by atoms with Gasteiger partial charge in [-0.05, 0) is 36.2 Å². The molecule has 0 unspecified atom stereocenters. The van der Waals surface area contributed by atoms with Gasteiger partial charge in [0.25, 0.3) is 0 Å². The highest BCUT2D eigenvalue weighted by Crippen LogP contribution is 2.20. The van der Waals surface area contributed by atoms with Gasteiger partial charge in [0.05, 0.1) is 23.1 Å². The van der Waals surface area contributed by atoms with E-state index in [-0.39, 0.29) is 5.91 Å². The summed E-state index contributed by atoms with van der Waals surface area (Å²) >= 11 is 0. The van der Waals surface area contributed by atoms with E-state index in [1.807, 2.05) is 54.6 Å². The smallest absolute Gasteiger partial charge is 0.225 e. The number of amides is 1. The lowest BCUT2D eigenvalue weighted by atomic mass is 10.1. The largest absolute Gasteiger partial charge is 0.353 e. The Morgan fingerprint density at radius 2 is 1.77 bits per heavy atom. The van der Waals surface area contributed by atoms with E-state index < -0.39 is 0 Å². The van der Waals surface area contributed by atoms with E-state index in [9.17, 15) is 4.79 Å². The standard InChI is InChI=1S/C21H18N4O/c22-14-17-8-4-5-9-19(17)24-18-11-12-20(23-15-18)25-21(26)13-10-16-6-2-1-3-7-16/h1-9,11-12,15,24H,10,13H2,(H,23,25,26). The van der Waals surface area contributed by atoms with Gasteiger partial charge >= 0.3 is 0 Å². The van der Waals surface area contributed by atoms with Crippen LogP contribution in [0.5, 0.6) is 0 Å². The fraction of sp³-hybridized carbons (Fsp3) is 0.0952. The summed E-state index contributed by atoms with van der Waals surface area (Å²) < 4.78 is 0. The third-order valence-electron chi connectivity index (χ3n) is 3.84. The van der Waals surface area contributed by atoms with Crippen LogP contribution in [-0.4, -0.2) is 10.9 Å². The Hall–Kier alpha value is -3.65. The van der Waals surface area contributed by atoms with Crippen molar-refractivity contribution in [2.75, 3.05) is 10.6 Å². The van der Waals surface area contributed by atoms with Crippen molar-refractivity contribution in [1.82, 2.24) is 4.98 Å². The second kappa shape index (κ2) is 8.45. The van der Waals surface area contributed by atoms with E-state index in [4.69, 9.17) is 5.26 Å². The van der Waals surface area contributed by atoms with Crippen molar-refractivity contribution < 1.29 is 4.79 Å². The molecule has 2 aromatic carbocycles. The minimum Gasteiger partial charge on any atom is -0.353 e. The topological polar surface area (TPSA) is 77.8 Å². The van der Waals surface area contributed by atoms with Gasteiger partial charge in [-0.3, -0.25) is 4.79 Å². The zero-order chi connectivity index (χ0) is 18.2. The van der Waals surface area contributed by atoms with Crippen LogP contribution in [0, 0.1) is 11.3 Å². The predicted molar refractivity (Wildman–Crippen MR) is 102 cm³/mol. The maximum absolute atomic E-state index is 12.0. The maximum atomic E-state index is 12.0. The van der Waals surface area contributed by atoms with Gasteiger partial charge in [-0.2, -0.15) is 5.26 Å². The van der Waals surface area contributed by atoms with Gasteiger partial charge in [0.15, 0.2) is 0 Å². The van der Waals surface area contributed by atoms with Crippen LogP contribution in [0.15, 0.2) is 72.9 Å². The second-order valence-corrected chi connectivity index (χ2v) is 5.75. The fourth-order valence-electron chi connectivity index (χ4n) is 2.49. The van der Waals surface area contributed by atoms with E-state index in [1.54, 1.807) is 18.3 Å². The molecule has 1 amide bonds. The average Bonchev–Trinajstić information content (AvgIpc) is 2.69. The molecule has 0 bridgehead atoms. The van der Waals surface area contributed by atoms with E-state index in [0.717, 1.165) is 16.9 Å². The molecule has 0 atom stereocenters. The number of nitriles is 1. The predicted octanol–water partition coefficient (Wildman–Crippen LogP) is 4.27. The Kier molecular flexibility index (Phi) is 5.58. The summed E-state index contributed by atoms with van der Waals surface area (Å²) in [6.45, 7) is 0. The second-order valence-electron chi connectivity index (χ2n) is 5.75. The number of hydrogen-bond acceptors (Lipinski definition) is 4. The minimum absolute atomic E-state index is 0.0723. The highest BCUT2D eigenvalue weighted by atomic mass is 16.1. The van der Waals surface area contributed by atoms with Gasteiger partial charge in [0.2, 0.25) is 5.91 Å². The molecule has 0 saturated carbocycles. The molecule has 0 saturated heterocycles. The molecule has 3 aromatic rings. The van der Waals surface area contributed by atoms with Gasteiger partial charge in [-0.25, -0.2) is 4.98 Å². The Labute approximate surface area is 152 Å². The van der Waals surface area contributed by atoms with Crippen LogP contribution in [0.1, 0.15) is 17.5 Å². The summed E-state index contributed by atoms with van der Waals surface area (Å²) in [6, 6.07) is 22.8. The highest BCUT2D eigenvalue weighted by Gasteiger charge is 2.05. The summed E-state index contributed by atoms with van der Waals surface area (Å²) in [6.07, 6.45) is 2.72. The van der Waals surface area contributed by atoms with Crippen molar-refractivity contribution >= 4 is 23.1 Å². The molecule has 1 heterocycles. The lowest BCUT2D eigenvalue weighted by Crippen LogP contribution is -2.13. The van der Waals surface area contributed by atoms with Gasteiger partial charge in [0.1, 0.15) is 11.9 Å². The molecule has 1 aromatic heterocycles. The van der Waals surface area contributed by atoms with Crippen LogP contribution in [0.2, 0.25) is 0 Å². The van der Waals surface area contributed by atoms with Gasteiger partial charge < -0.3 is 10.6 Å². The Morgan fingerprint density at radius 3 is 2.50 bits per heavy atom. The van der Waals surface area contributed by atoms with Gasteiger partial charge in [-0.15, -0.1) is 0 Å². The van der Waals surface area contributed by atoms with Crippen LogP contribution in [0.4, 0.5) is 17.2 Å². The number of rotatable bonds is 6. The molecular formula is C21H18N4O. The molecule has 3 rings (SSSR count). The first-order valence-corrected chi connectivity index (χ1v) is 8.30. The molecule has 0 radical (unpaired) electrons. The summed E-state index contributed by atoms with van der Waals surface area (Å²) in [4.78, 5) is 16.3. The molecule has 0 fully saturated rings. The number of hydrogen-bond donors (Lipinski definition) is 2. The Morgan fingerprint density at radius 1 is 1.00 bits per heavy atom. The molecule has 5 heteroatoms. The van der Waals surface area contributed by atoms with E-state index in [1.165, 1.54) is 0 Å². The minimum atomic E-state index is -0.0723. The molecule has 0 aliphatic carbocycles. The molecule has 0 aliphatic rings. The monoisotopic (exact) mass is 342 g/mol. The maximum Gasteiger partial charge on any atom is 0.225 e. The average molecular weight is 342 g/mol.